The van der Waals surface area contributed by atoms with E-state index in [1.165, 1.54) is 24.4 Å². The number of amides is 1. The van der Waals surface area contributed by atoms with Crippen LogP contribution in [0.4, 0.5) is 10.2 Å². The molecule has 136 valence electrons. The number of aromatic nitrogens is 1. The molecule has 0 saturated carbocycles. The van der Waals surface area contributed by atoms with E-state index in [1.807, 2.05) is 0 Å². The van der Waals surface area contributed by atoms with Crippen molar-refractivity contribution in [2.45, 2.75) is 6.42 Å². The monoisotopic (exact) mass is 377 g/mol. The third-order valence-corrected chi connectivity index (χ3v) is 3.63. The molecule has 1 aromatic heterocycles. The van der Waals surface area contributed by atoms with Gasteiger partial charge in [0.15, 0.2) is 0 Å². The minimum Gasteiger partial charge on any atom is -0.478 e. The lowest BCUT2D eigenvalue weighted by Crippen LogP contribution is -2.31. The zero-order valence-corrected chi connectivity index (χ0v) is 14.5. The maximum Gasteiger partial charge on any atom is 0.328 e. The van der Waals surface area contributed by atoms with Gasteiger partial charge in [-0.15, -0.1) is 0 Å². The molecule has 2 aromatic rings. The molecule has 3 N–H and O–H groups in total. The average Bonchev–Trinajstić information content (AvgIpc) is 2.61. The van der Waals surface area contributed by atoms with Crippen LogP contribution in [0.3, 0.4) is 0 Å². The third kappa shape index (κ3) is 6.52. The van der Waals surface area contributed by atoms with E-state index in [9.17, 15) is 14.0 Å². The van der Waals surface area contributed by atoms with Crippen molar-refractivity contribution >= 4 is 35.4 Å². The number of carboxylic acid groups (broad SMARTS) is 1. The predicted octanol–water partition coefficient (Wildman–Crippen LogP) is 2.74. The van der Waals surface area contributed by atoms with E-state index in [4.69, 9.17) is 16.7 Å². The Bertz CT molecular complexity index is 810. The summed E-state index contributed by atoms with van der Waals surface area (Å²) < 4.78 is 12.8. The molecule has 0 aliphatic heterocycles. The lowest BCUT2D eigenvalue weighted by molar-refractivity contribution is -0.131. The molecule has 0 unspecified atom stereocenters. The van der Waals surface area contributed by atoms with Gasteiger partial charge in [-0.2, -0.15) is 0 Å². The summed E-state index contributed by atoms with van der Waals surface area (Å²) in [5, 5.41) is 14.4. The molecule has 26 heavy (non-hydrogen) atoms. The van der Waals surface area contributed by atoms with Gasteiger partial charge < -0.3 is 15.7 Å². The zero-order valence-electron chi connectivity index (χ0n) is 13.7. The Kier molecular flexibility index (Phi) is 7.11. The minimum atomic E-state index is -1.07. The molecule has 1 aromatic carbocycles. The van der Waals surface area contributed by atoms with E-state index in [0.29, 0.717) is 24.3 Å². The van der Waals surface area contributed by atoms with Crippen LogP contribution < -0.4 is 10.6 Å². The number of aliphatic carboxylic acids is 1. The van der Waals surface area contributed by atoms with Crippen LogP contribution >= 0.6 is 11.6 Å². The molecule has 0 atom stereocenters. The summed E-state index contributed by atoms with van der Waals surface area (Å²) >= 11 is 6.06. The van der Waals surface area contributed by atoms with Gasteiger partial charge in [0.05, 0.1) is 11.6 Å². The van der Waals surface area contributed by atoms with Crippen LogP contribution in [0.5, 0.6) is 0 Å². The number of hydrogen-bond donors (Lipinski definition) is 3. The number of nitrogens with one attached hydrogen (secondary N) is 2. The maximum atomic E-state index is 12.8. The predicted molar refractivity (Wildman–Crippen MR) is 97.5 cm³/mol. The summed E-state index contributed by atoms with van der Waals surface area (Å²) in [6.45, 7) is 0.409. The standard InChI is InChI=1S/C18H17ClFN3O3/c19-15-9-13(3-6-17(25)26)10-22-18(15)23-11-16(24)21-8-7-12-1-4-14(20)5-2-12/h1-6,9-10H,7-8,11H2,(H,21,24)(H,22,23)(H,25,26). The molecule has 0 aliphatic rings. The van der Waals surface area contributed by atoms with Crippen molar-refractivity contribution in [2.75, 3.05) is 18.4 Å². The molecule has 0 radical (unpaired) electrons. The molecule has 6 nitrogen and oxygen atoms in total. The summed E-state index contributed by atoms with van der Waals surface area (Å²) in [5.41, 5.74) is 1.46. The summed E-state index contributed by atoms with van der Waals surface area (Å²) in [6, 6.07) is 7.64. The highest BCUT2D eigenvalue weighted by Crippen LogP contribution is 2.20. The number of carbonyl (C=O) groups excluding carboxylic acids is 1. The van der Waals surface area contributed by atoms with E-state index in [2.05, 4.69) is 15.6 Å². The van der Waals surface area contributed by atoms with Crippen LogP contribution in [0.2, 0.25) is 5.02 Å². The largest absolute Gasteiger partial charge is 0.478 e. The van der Waals surface area contributed by atoms with Gasteiger partial charge in [0, 0.05) is 18.8 Å². The number of pyridine rings is 1. The highest BCUT2D eigenvalue weighted by Gasteiger charge is 2.06. The second-order valence-electron chi connectivity index (χ2n) is 5.35. The van der Waals surface area contributed by atoms with Gasteiger partial charge in [0.1, 0.15) is 11.6 Å². The molecule has 0 spiro atoms. The van der Waals surface area contributed by atoms with Crippen LogP contribution in [0.15, 0.2) is 42.6 Å². The highest BCUT2D eigenvalue weighted by atomic mass is 35.5. The Morgan fingerprint density at radius 2 is 2.00 bits per heavy atom. The molecule has 0 bridgehead atoms. The first-order valence-corrected chi connectivity index (χ1v) is 8.13. The molecular weight excluding hydrogens is 361 g/mol. The fourth-order valence-corrected chi connectivity index (χ4v) is 2.31. The number of carbonyl (C=O) groups is 2. The molecule has 0 aliphatic carbocycles. The van der Waals surface area contributed by atoms with E-state index in [1.54, 1.807) is 18.2 Å². The highest BCUT2D eigenvalue weighted by molar-refractivity contribution is 6.33. The maximum absolute atomic E-state index is 12.8. The first kappa shape index (κ1) is 19.4. The van der Waals surface area contributed by atoms with Crippen molar-refractivity contribution in [3.05, 3.63) is 64.6 Å². The summed E-state index contributed by atoms with van der Waals surface area (Å²) in [4.78, 5) is 26.4. The van der Waals surface area contributed by atoms with Crippen molar-refractivity contribution in [1.82, 2.24) is 10.3 Å². The van der Waals surface area contributed by atoms with Gasteiger partial charge in [-0.25, -0.2) is 14.2 Å². The Morgan fingerprint density at radius 3 is 2.65 bits per heavy atom. The van der Waals surface area contributed by atoms with Gasteiger partial charge in [-0.1, -0.05) is 23.7 Å². The van der Waals surface area contributed by atoms with Gasteiger partial charge in [-0.3, -0.25) is 4.79 Å². The molecular formula is C18H17ClFN3O3. The lowest BCUT2D eigenvalue weighted by atomic mass is 10.1. The van der Waals surface area contributed by atoms with E-state index in [0.717, 1.165) is 11.6 Å². The third-order valence-electron chi connectivity index (χ3n) is 3.35. The molecule has 1 heterocycles. The van der Waals surface area contributed by atoms with E-state index < -0.39 is 5.97 Å². The first-order valence-electron chi connectivity index (χ1n) is 7.75. The molecule has 8 heteroatoms. The van der Waals surface area contributed by atoms with Crippen LogP contribution in [0, 0.1) is 5.82 Å². The van der Waals surface area contributed by atoms with Crippen LogP contribution in [-0.2, 0) is 16.0 Å². The molecule has 0 saturated heterocycles. The minimum absolute atomic E-state index is 0.0134. The first-order chi connectivity index (χ1) is 12.4. The lowest BCUT2D eigenvalue weighted by Gasteiger charge is -2.09. The van der Waals surface area contributed by atoms with Gasteiger partial charge in [0.2, 0.25) is 5.91 Å². The summed E-state index contributed by atoms with van der Waals surface area (Å²) in [5.74, 6) is -1.27. The Morgan fingerprint density at radius 1 is 1.27 bits per heavy atom. The van der Waals surface area contributed by atoms with Crippen LogP contribution in [-0.4, -0.2) is 35.1 Å². The van der Waals surface area contributed by atoms with Crippen molar-refractivity contribution in [1.29, 1.82) is 0 Å². The SMILES string of the molecule is O=C(O)C=Cc1cnc(NCC(=O)NCCc2ccc(F)cc2)c(Cl)c1. The van der Waals surface area contributed by atoms with Gasteiger partial charge in [-0.05, 0) is 41.8 Å². The van der Waals surface area contributed by atoms with Crippen molar-refractivity contribution < 1.29 is 19.1 Å². The number of hydrogen-bond acceptors (Lipinski definition) is 4. The van der Waals surface area contributed by atoms with Crippen molar-refractivity contribution in [3.63, 3.8) is 0 Å². The van der Waals surface area contributed by atoms with Crippen molar-refractivity contribution in [3.8, 4) is 0 Å². The van der Waals surface area contributed by atoms with Gasteiger partial charge in [0.25, 0.3) is 0 Å². The molecule has 2 rings (SSSR count). The quantitative estimate of drug-likeness (QED) is 0.615. The zero-order chi connectivity index (χ0) is 18.9. The van der Waals surface area contributed by atoms with E-state index >= 15 is 0 Å². The number of benzene rings is 1. The normalized spacial score (nSPS) is 10.7. The second kappa shape index (κ2) is 9.53. The van der Waals surface area contributed by atoms with Crippen molar-refractivity contribution in [2.24, 2.45) is 0 Å². The smallest absolute Gasteiger partial charge is 0.328 e. The molecule has 0 fully saturated rings. The number of anilines is 1. The Hall–Kier alpha value is -2.93. The number of halogens is 2. The number of carboxylic acids is 1. The average molecular weight is 378 g/mol. The number of rotatable bonds is 8. The number of nitrogens with zero attached hydrogens (tertiary/aromatic N) is 1. The fourth-order valence-electron chi connectivity index (χ4n) is 2.07. The Balaban J connectivity index is 1.77. The topological polar surface area (TPSA) is 91.3 Å². The fraction of sp³-hybridized carbons (Fsp3) is 0.167. The van der Waals surface area contributed by atoms with E-state index in [-0.39, 0.29) is 23.3 Å². The van der Waals surface area contributed by atoms with Crippen LogP contribution in [0.1, 0.15) is 11.1 Å². The summed E-state index contributed by atoms with van der Waals surface area (Å²) in [7, 11) is 0. The van der Waals surface area contributed by atoms with Gasteiger partial charge >= 0.3 is 5.97 Å². The van der Waals surface area contributed by atoms with Crippen LogP contribution in [0.25, 0.3) is 6.08 Å². The molecule has 1 amide bonds. The Labute approximate surface area is 154 Å². The summed E-state index contributed by atoms with van der Waals surface area (Å²) in [6.07, 6.45) is 4.39. The second-order valence-corrected chi connectivity index (χ2v) is 5.76.